The van der Waals surface area contributed by atoms with Gasteiger partial charge in [-0.05, 0) is 12.1 Å². The first-order chi connectivity index (χ1) is 6.32. The maximum atomic E-state index is 12.7. The molecule has 3 nitrogen and oxygen atoms in total. The molecule has 0 spiro atoms. The smallest absolute Gasteiger partial charge is 0.258 e. The van der Waals surface area contributed by atoms with Crippen LogP contribution in [0.3, 0.4) is 0 Å². The molecule has 0 aromatic heterocycles. The number of nitro benzene ring substituents is 1. The molecule has 0 aliphatic carbocycles. The Morgan fingerprint density at radius 2 is 2.00 bits per heavy atom. The van der Waals surface area contributed by atoms with Gasteiger partial charge in [0.25, 0.3) is 5.92 Å². The normalized spacial score (nSPS) is 11.4. The predicted molar refractivity (Wildman–Crippen MR) is 42.6 cm³/mol. The van der Waals surface area contributed by atoms with E-state index in [2.05, 4.69) is 0 Å². The second kappa shape index (κ2) is 3.28. The molecule has 1 aromatic rings. The number of alkyl halides is 2. The topological polar surface area (TPSA) is 43.1 Å². The van der Waals surface area contributed by atoms with Crippen molar-refractivity contribution in [3.63, 3.8) is 0 Å². The lowest BCUT2D eigenvalue weighted by atomic mass is 10.1. The van der Waals surface area contributed by atoms with Crippen LogP contribution in [-0.2, 0) is 5.92 Å². The van der Waals surface area contributed by atoms with Crippen molar-refractivity contribution in [2.24, 2.45) is 0 Å². The van der Waals surface area contributed by atoms with E-state index < -0.39 is 27.9 Å². The number of hydrogen-bond acceptors (Lipinski definition) is 2. The molecule has 6 heteroatoms. The Morgan fingerprint density at radius 1 is 1.43 bits per heavy atom. The van der Waals surface area contributed by atoms with E-state index in [1.807, 2.05) is 0 Å². The van der Waals surface area contributed by atoms with Crippen LogP contribution in [0.25, 0.3) is 0 Å². The fourth-order valence-corrected chi connectivity index (χ4v) is 0.926. The maximum Gasteiger partial charge on any atom is 0.305 e. The van der Waals surface area contributed by atoms with Gasteiger partial charge in [-0.1, -0.05) is 0 Å². The summed E-state index contributed by atoms with van der Waals surface area (Å²) in [4.78, 5) is 9.18. The number of hydrogen-bond donors (Lipinski definition) is 0. The number of benzene rings is 1. The average molecular weight is 205 g/mol. The lowest BCUT2D eigenvalue weighted by Gasteiger charge is -2.09. The second-order valence-electron chi connectivity index (χ2n) is 2.81. The Hall–Kier alpha value is -1.59. The Kier molecular flexibility index (Phi) is 2.46. The molecule has 0 heterocycles. The van der Waals surface area contributed by atoms with Gasteiger partial charge in [-0.3, -0.25) is 10.1 Å². The fourth-order valence-electron chi connectivity index (χ4n) is 0.926. The van der Waals surface area contributed by atoms with E-state index in [9.17, 15) is 23.3 Å². The van der Waals surface area contributed by atoms with Crippen molar-refractivity contribution in [2.45, 2.75) is 12.8 Å². The van der Waals surface area contributed by atoms with Crippen LogP contribution in [0.1, 0.15) is 12.5 Å². The fraction of sp³-hybridized carbons (Fsp3) is 0.250. The summed E-state index contributed by atoms with van der Waals surface area (Å²) >= 11 is 0. The minimum Gasteiger partial charge on any atom is -0.258 e. The molecule has 0 N–H and O–H groups in total. The van der Waals surface area contributed by atoms with Crippen LogP contribution in [-0.4, -0.2) is 4.92 Å². The van der Waals surface area contributed by atoms with Crippen LogP contribution >= 0.6 is 0 Å². The summed E-state index contributed by atoms with van der Waals surface area (Å²) in [7, 11) is 0. The van der Waals surface area contributed by atoms with Gasteiger partial charge in [0, 0.05) is 18.6 Å². The van der Waals surface area contributed by atoms with Crippen molar-refractivity contribution in [3.8, 4) is 0 Å². The maximum absolute atomic E-state index is 12.7. The van der Waals surface area contributed by atoms with Gasteiger partial charge in [-0.15, -0.1) is 0 Å². The van der Waals surface area contributed by atoms with Crippen LogP contribution in [0, 0.1) is 15.9 Å². The Labute approximate surface area is 77.3 Å². The van der Waals surface area contributed by atoms with Gasteiger partial charge in [-0.25, -0.2) is 8.78 Å². The molecule has 1 aromatic carbocycles. The molecule has 14 heavy (non-hydrogen) atoms. The summed E-state index contributed by atoms with van der Waals surface area (Å²) in [5, 5.41) is 10.2. The van der Waals surface area contributed by atoms with Gasteiger partial charge in [0.15, 0.2) is 0 Å². The van der Waals surface area contributed by atoms with E-state index in [0.29, 0.717) is 19.1 Å². The van der Waals surface area contributed by atoms with Crippen molar-refractivity contribution in [3.05, 3.63) is 39.7 Å². The Bertz CT molecular complexity index is 373. The molecule has 0 fully saturated rings. The Morgan fingerprint density at radius 3 is 2.43 bits per heavy atom. The van der Waals surface area contributed by atoms with Crippen LogP contribution in [0.2, 0.25) is 0 Å². The number of nitro groups is 1. The third-order valence-electron chi connectivity index (χ3n) is 1.65. The SMILES string of the molecule is CC(F)(F)c1ccc(F)c([N+](=O)[O-])c1. The van der Waals surface area contributed by atoms with Crippen molar-refractivity contribution in [2.75, 3.05) is 0 Å². The van der Waals surface area contributed by atoms with Gasteiger partial charge in [-0.2, -0.15) is 4.39 Å². The summed E-state index contributed by atoms with van der Waals surface area (Å²) in [6, 6.07) is 2.02. The molecular weight excluding hydrogens is 199 g/mol. The van der Waals surface area contributed by atoms with E-state index in [1.54, 1.807) is 0 Å². The van der Waals surface area contributed by atoms with Gasteiger partial charge in [0.2, 0.25) is 5.82 Å². The molecular formula is C8H6F3NO2. The summed E-state index contributed by atoms with van der Waals surface area (Å²) in [5.41, 5.74) is -1.52. The largest absolute Gasteiger partial charge is 0.305 e. The molecule has 0 amide bonds. The summed E-state index contributed by atoms with van der Waals surface area (Å²) in [6.07, 6.45) is 0. The highest BCUT2D eigenvalue weighted by atomic mass is 19.3. The summed E-state index contributed by atoms with van der Waals surface area (Å²) < 4.78 is 38.1. The van der Waals surface area contributed by atoms with Crippen molar-refractivity contribution in [1.29, 1.82) is 0 Å². The van der Waals surface area contributed by atoms with Crippen LogP contribution in [0.4, 0.5) is 18.9 Å². The highest BCUT2D eigenvalue weighted by molar-refractivity contribution is 5.37. The first-order valence-electron chi connectivity index (χ1n) is 3.64. The van der Waals surface area contributed by atoms with Crippen molar-refractivity contribution in [1.82, 2.24) is 0 Å². The average Bonchev–Trinajstić information content (AvgIpc) is 2.02. The van der Waals surface area contributed by atoms with Crippen molar-refractivity contribution >= 4 is 5.69 Å². The lowest BCUT2D eigenvalue weighted by molar-refractivity contribution is -0.387. The van der Waals surface area contributed by atoms with E-state index >= 15 is 0 Å². The van der Waals surface area contributed by atoms with Crippen LogP contribution in [0.5, 0.6) is 0 Å². The van der Waals surface area contributed by atoms with E-state index in [-0.39, 0.29) is 0 Å². The summed E-state index contributed by atoms with van der Waals surface area (Å²) in [6.45, 7) is 0.587. The van der Waals surface area contributed by atoms with Crippen molar-refractivity contribution < 1.29 is 18.1 Å². The minimum absolute atomic E-state index is 0.537. The lowest BCUT2D eigenvalue weighted by Crippen LogP contribution is -2.07. The first kappa shape index (κ1) is 10.5. The molecule has 76 valence electrons. The van der Waals surface area contributed by atoms with E-state index in [1.165, 1.54) is 0 Å². The molecule has 0 unspecified atom stereocenters. The van der Waals surface area contributed by atoms with Crippen LogP contribution in [0.15, 0.2) is 18.2 Å². The highest BCUT2D eigenvalue weighted by Gasteiger charge is 2.27. The number of nitrogens with zero attached hydrogens (tertiary/aromatic N) is 1. The predicted octanol–water partition coefficient (Wildman–Crippen LogP) is 2.85. The number of halogens is 3. The molecule has 1 rings (SSSR count). The standard InChI is InChI=1S/C8H6F3NO2/c1-8(10,11)5-2-3-6(9)7(4-5)12(13)14/h2-4H,1H3. The molecule has 0 atom stereocenters. The third kappa shape index (κ3) is 2.01. The second-order valence-corrected chi connectivity index (χ2v) is 2.81. The molecule has 0 bridgehead atoms. The van der Waals surface area contributed by atoms with Gasteiger partial charge in [0.05, 0.1) is 4.92 Å². The minimum atomic E-state index is -3.21. The molecule has 0 aliphatic heterocycles. The van der Waals surface area contributed by atoms with Crippen LogP contribution < -0.4 is 0 Å². The molecule has 0 saturated carbocycles. The molecule has 0 saturated heterocycles. The van der Waals surface area contributed by atoms with Gasteiger partial charge >= 0.3 is 5.69 Å². The van der Waals surface area contributed by atoms with Gasteiger partial charge < -0.3 is 0 Å². The summed E-state index contributed by atoms with van der Waals surface area (Å²) in [5.74, 6) is -4.33. The molecule has 0 radical (unpaired) electrons. The monoisotopic (exact) mass is 205 g/mol. The Balaban J connectivity index is 3.27. The van der Waals surface area contributed by atoms with Gasteiger partial charge in [0.1, 0.15) is 0 Å². The molecule has 0 aliphatic rings. The highest BCUT2D eigenvalue weighted by Crippen LogP contribution is 2.30. The quantitative estimate of drug-likeness (QED) is 0.550. The first-order valence-corrected chi connectivity index (χ1v) is 3.64. The van der Waals surface area contributed by atoms with E-state index in [4.69, 9.17) is 0 Å². The zero-order chi connectivity index (χ0) is 10.9. The number of rotatable bonds is 2. The van der Waals surface area contributed by atoms with E-state index in [0.717, 1.165) is 6.07 Å². The third-order valence-corrected chi connectivity index (χ3v) is 1.65. The zero-order valence-electron chi connectivity index (χ0n) is 7.13. The zero-order valence-corrected chi connectivity index (χ0v) is 7.13.